The van der Waals surface area contributed by atoms with E-state index >= 15 is 0 Å². The highest BCUT2D eigenvalue weighted by atomic mass is 19.1. The van der Waals surface area contributed by atoms with E-state index in [0.717, 1.165) is 17.1 Å². The van der Waals surface area contributed by atoms with Gasteiger partial charge in [-0.3, -0.25) is 9.59 Å². The predicted molar refractivity (Wildman–Crippen MR) is 167 cm³/mol. The average molecular weight is 611 g/mol. The second-order valence-electron chi connectivity index (χ2n) is 9.96. The fourth-order valence-corrected chi connectivity index (χ4v) is 4.51. The van der Waals surface area contributed by atoms with E-state index < -0.39 is 17.6 Å². The number of methoxy groups -OCH3 is 1. The number of furan rings is 1. The fraction of sp³-hybridized carbons (Fsp3) is 0.147. The molecule has 3 aromatic carbocycles. The molecule has 45 heavy (non-hydrogen) atoms. The van der Waals surface area contributed by atoms with Gasteiger partial charge in [0, 0.05) is 22.8 Å². The van der Waals surface area contributed by atoms with Gasteiger partial charge in [0.05, 0.1) is 13.3 Å². The monoisotopic (exact) mass is 610 g/mol. The lowest BCUT2D eigenvalue weighted by Gasteiger charge is -2.11. The Hall–Kier alpha value is -5.84. The van der Waals surface area contributed by atoms with Crippen LogP contribution in [0.25, 0.3) is 5.69 Å². The quantitative estimate of drug-likeness (QED) is 0.128. The first kappa shape index (κ1) is 30.6. The first-order valence-electron chi connectivity index (χ1n) is 14.0. The summed E-state index contributed by atoms with van der Waals surface area (Å²) in [6.07, 6.45) is 1.42. The van der Waals surface area contributed by atoms with Crippen LogP contribution in [0, 0.1) is 19.7 Å². The molecular formula is C34H31FN4O6. The Morgan fingerprint density at radius 1 is 0.911 bits per heavy atom. The standard InChI is InChI=1S/C34H31FN4O6/c1-22-7-8-23(2)39(22)27-10-12-28(13-11-27)43-20-29-14-16-31(45-29)34(41)38-36-19-24-9-15-30(32(17-24)42-3)44-21-33(40)37-26-6-4-5-25(35)18-26/h4-19H,20-21H2,1-3H3,(H,37,40)(H,38,41)/b36-19+. The minimum atomic E-state index is -0.532. The van der Waals surface area contributed by atoms with Crippen molar-refractivity contribution in [3.63, 3.8) is 0 Å². The number of carbonyl (C=O) groups is 2. The molecule has 5 aromatic rings. The maximum Gasteiger partial charge on any atom is 0.307 e. The summed E-state index contributed by atoms with van der Waals surface area (Å²) in [5, 5.41) is 6.54. The van der Waals surface area contributed by atoms with Crippen LogP contribution in [-0.4, -0.2) is 36.3 Å². The molecule has 2 amide bonds. The van der Waals surface area contributed by atoms with Crippen LogP contribution < -0.4 is 25.0 Å². The van der Waals surface area contributed by atoms with Gasteiger partial charge in [-0.05, 0) is 104 Å². The molecule has 0 unspecified atom stereocenters. The van der Waals surface area contributed by atoms with Crippen LogP contribution in [0.3, 0.4) is 0 Å². The number of anilines is 1. The molecule has 0 bridgehead atoms. The van der Waals surface area contributed by atoms with E-state index in [1.165, 1.54) is 31.5 Å². The third kappa shape index (κ3) is 7.96. The Morgan fingerprint density at radius 3 is 2.42 bits per heavy atom. The van der Waals surface area contributed by atoms with E-state index in [9.17, 15) is 14.0 Å². The fourth-order valence-electron chi connectivity index (χ4n) is 4.51. The van der Waals surface area contributed by atoms with Gasteiger partial charge in [0.25, 0.3) is 5.91 Å². The van der Waals surface area contributed by atoms with Gasteiger partial charge in [-0.1, -0.05) is 6.07 Å². The summed E-state index contributed by atoms with van der Waals surface area (Å²) >= 11 is 0. The summed E-state index contributed by atoms with van der Waals surface area (Å²) < 4.78 is 37.8. The smallest absolute Gasteiger partial charge is 0.307 e. The lowest BCUT2D eigenvalue weighted by atomic mass is 10.2. The molecule has 230 valence electrons. The van der Waals surface area contributed by atoms with Gasteiger partial charge in [-0.25, -0.2) is 9.82 Å². The van der Waals surface area contributed by atoms with Gasteiger partial charge in [0.15, 0.2) is 23.9 Å². The topological polar surface area (TPSA) is 116 Å². The number of nitrogens with one attached hydrogen (secondary N) is 2. The second-order valence-corrected chi connectivity index (χ2v) is 9.96. The summed E-state index contributed by atoms with van der Waals surface area (Å²) in [7, 11) is 1.45. The van der Waals surface area contributed by atoms with Crippen molar-refractivity contribution in [2.45, 2.75) is 20.5 Å². The van der Waals surface area contributed by atoms with Gasteiger partial charge in [0.2, 0.25) is 0 Å². The highest BCUT2D eigenvalue weighted by Gasteiger charge is 2.12. The third-order valence-electron chi connectivity index (χ3n) is 6.67. The van der Waals surface area contributed by atoms with E-state index in [1.807, 2.05) is 24.3 Å². The van der Waals surface area contributed by atoms with E-state index in [4.69, 9.17) is 18.6 Å². The molecule has 2 heterocycles. The summed E-state index contributed by atoms with van der Waals surface area (Å²) in [6.45, 7) is 3.96. The number of amides is 2. The van der Waals surface area contributed by atoms with Crippen LogP contribution in [0.2, 0.25) is 0 Å². The molecule has 0 aliphatic heterocycles. The van der Waals surface area contributed by atoms with Crippen LogP contribution in [-0.2, 0) is 11.4 Å². The number of aryl methyl sites for hydroxylation is 2. The maximum absolute atomic E-state index is 13.3. The minimum Gasteiger partial charge on any atom is -0.493 e. The number of benzene rings is 3. The van der Waals surface area contributed by atoms with Crippen LogP contribution in [0.1, 0.15) is 33.3 Å². The molecule has 0 spiro atoms. The Morgan fingerprint density at radius 2 is 1.69 bits per heavy atom. The number of ether oxygens (including phenoxy) is 3. The molecule has 0 saturated heterocycles. The van der Waals surface area contributed by atoms with Crippen LogP contribution in [0.4, 0.5) is 10.1 Å². The maximum atomic E-state index is 13.3. The van der Waals surface area contributed by atoms with E-state index in [1.54, 1.807) is 36.4 Å². The number of hydrogen-bond acceptors (Lipinski definition) is 7. The van der Waals surface area contributed by atoms with Crippen LogP contribution in [0.15, 0.2) is 101 Å². The minimum absolute atomic E-state index is 0.0810. The number of carbonyl (C=O) groups excluding carboxylic acids is 2. The number of aromatic nitrogens is 1. The van der Waals surface area contributed by atoms with E-state index in [0.29, 0.717) is 34.3 Å². The van der Waals surface area contributed by atoms with Gasteiger partial charge in [-0.15, -0.1) is 0 Å². The number of rotatable bonds is 12. The van der Waals surface area contributed by atoms with Crippen molar-refractivity contribution < 1.29 is 32.6 Å². The molecule has 2 N–H and O–H groups in total. The molecule has 10 nitrogen and oxygen atoms in total. The van der Waals surface area contributed by atoms with E-state index in [2.05, 4.69) is 46.4 Å². The van der Waals surface area contributed by atoms with Crippen molar-refractivity contribution in [3.05, 3.63) is 125 Å². The molecule has 5 rings (SSSR count). The molecule has 2 aromatic heterocycles. The zero-order valence-corrected chi connectivity index (χ0v) is 24.9. The van der Waals surface area contributed by atoms with Gasteiger partial charge in [0.1, 0.15) is 23.9 Å². The third-order valence-corrected chi connectivity index (χ3v) is 6.67. The first-order valence-corrected chi connectivity index (χ1v) is 14.0. The Balaban J connectivity index is 1.10. The summed E-state index contributed by atoms with van der Waals surface area (Å²) in [4.78, 5) is 24.7. The highest BCUT2D eigenvalue weighted by molar-refractivity contribution is 5.93. The Bertz CT molecular complexity index is 1810. The Kier molecular flexibility index (Phi) is 9.58. The van der Waals surface area contributed by atoms with Crippen molar-refractivity contribution >= 4 is 23.7 Å². The number of nitrogens with zero attached hydrogens (tertiary/aromatic N) is 2. The molecule has 0 aliphatic carbocycles. The molecule has 0 fully saturated rings. The second kappa shape index (κ2) is 14.1. The highest BCUT2D eigenvalue weighted by Crippen LogP contribution is 2.28. The summed E-state index contributed by atoms with van der Waals surface area (Å²) in [6, 6.07) is 25.6. The zero-order chi connectivity index (χ0) is 31.8. The molecule has 11 heteroatoms. The van der Waals surface area contributed by atoms with Crippen LogP contribution >= 0.6 is 0 Å². The van der Waals surface area contributed by atoms with Crippen molar-refractivity contribution in [2.24, 2.45) is 5.10 Å². The number of halogens is 1. The first-order chi connectivity index (χ1) is 21.8. The zero-order valence-electron chi connectivity index (χ0n) is 24.9. The average Bonchev–Trinajstić information content (AvgIpc) is 3.65. The van der Waals surface area contributed by atoms with Crippen molar-refractivity contribution in [1.82, 2.24) is 9.99 Å². The van der Waals surface area contributed by atoms with Gasteiger partial charge in [-0.2, -0.15) is 5.10 Å². The molecular weight excluding hydrogens is 579 g/mol. The number of hydrogen-bond donors (Lipinski definition) is 2. The molecule has 0 atom stereocenters. The van der Waals surface area contributed by atoms with E-state index in [-0.39, 0.29) is 19.0 Å². The molecule has 0 saturated carbocycles. The number of hydrazone groups is 1. The van der Waals surface area contributed by atoms with Crippen molar-refractivity contribution in [2.75, 3.05) is 19.0 Å². The predicted octanol–water partition coefficient (Wildman–Crippen LogP) is 6.20. The summed E-state index contributed by atoms with van der Waals surface area (Å²) in [5.74, 6) is 0.454. The SMILES string of the molecule is COc1cc(/C=N/NC(=O)c2ccc(COc3ccc(-n4c(C)ccc4C)cc3)o2)ccc1OCC(=O)Nc1cccc(F)c1. The van der Waals surface area contributed by atoms with Gasteiger partial charge >= 0.3 is 5.91 Å². The lowest BCUT2D eigenvalue weighted by molar-refractivity contribution is -0.118. The Labute approximate surface area is 259 Å². The van der Waals surface area contributed by atoms with Crippen molar-refractivity contribution in [1.29, 1.82) is 0 Å². The molecule has 0 aliphatic rings. The molecule has 0 radical (unpaired) electrons. The van der Waals surface area contributed by atoms with Crippen molar-refractivity contribution in [3.8, 4) is 22.9 Å². The van der Waals surface area contributed by atoms with Gasteiger partial charge < -0.3 is 28.5 Å². The largest absolute Gasteiger partial charge is 0.493 e. The summed E-state index contributed by atoms with van der Waals surface area (Å²) in [5.41, 5.74) is 6.70. The van der Waals surface area contributed by atoms with Crippen LogP contribution in [0.5, 0.6) is 17.2 Å². The lowest BCUT2D eigenvalue weighted by Crippen LogP contribution is -2.20. The normalized spacial score (nSPS) is 10.9.